The van der Waals surface area contributed by atoms with E-state index >= 15 is 0 Å². The lowest BCUT2D eigenvalue weighted by Gasteiger charge is -2.40. The van der Waals surface area contributed by atoms with Crippen molar-refractivity contribution in [1.82, 2.24) is 14.8 Å². The Morgan fingerprint density at radius 2 is 2.03 bits per heavy atom. The first-order valence-electron chi connectivity index (χ1n) is 10.9. The second-order valence-electron chi connectivity index (χ2n) is 8.30. The fraction of sp³-hybridized carbons (Fsp3) is 0.240. The van der Waals surface area contributed by atoms with Gasteiger partial charge >= 0.3 is 0 Å². The van der Waals surface area contributed by atoms with Gasteiger partial charge in [-0.05, 0) is 48.0 Å². The number of anilines is 1. The summed E-state index contributed by atoms with van der Waals surface area (Å²) in [6.45, 7) is 1.91. The number of aromatic nitrogens is 1. The summed E-state index contributed by atoms with van der Waals surface area (Å²) in [5, 5.41) is 3.40. The molecule has 1 N–H and O–H groups in total. The second-order valence-corrected chi connectivity index (χ2v) is 8.73. The summed E-state index contributed by atoms with van der Waals surface area (Å²) < 4.78 is 20.2. The van der Waals surface area contributed by atoms with Gasteiger partial charge in [0, 0.05) is 42.0 Å². The van der Waals surface area contributed by atoms with Crippen molar-refractivity contribution in [2.24, 2.45) is 0 Å². The third-order valence-corrected chi connectivity index (χ3v) is 6.30. The smallest absolute Gasteiger partial charge is 0.254 e. The summed E-state index contributed by atoms with van der Waals surface area (Å²) in [6, 6.07) is 15.1. The summed E-state index contributed by atoms with van der Waals surface area (Å²) in [5.41, 5.74) is 1.93. The van der Waals surface area contributed by atoms with Gasteiger partial charge in [0.2, 0.25) is 11.9 Å². The van der Waals surface area contributed by atoms with E-state index < -0.39 is 5.95 Å². The van der Waals surface area contributed by atoms with Crippen molar-refractivity contribution in [3.8, 4) is 16.9 Å². The van der Waals surface area contributed by atoms with Gasteiger partial charge in [0.25, 0.3) is 5.91 Å². The Kier molecular flexibility index (Phi) is 6.17. The van der Waals surface area contributed by atoms with Gasteiger partial charge in [-0.2, -0.15) is 4.39 Å². The van der Waals surface area contributed by atoms with E-state index in [0.29, 0.717) is 59.4 Å². The van der Waals surface area contributed by atoms with Gasteiger partial charge in [0.15, 0.2) is 0 Å². The lowest BCUT2D eigenvalue weighted by molar-refractivity contribution is -0.118. The molecule has 2 aromatic carbocycles. The standard InChI is InChI=1S/C25H22ClFN4O3/c26-18-4-1-3-17(11-18)25(33)31-10-9-30-14-23(32)29-21-12-16(20-5-2-8-28-24(20)27)6-7-22(21)34-15-19(30)13-31/h1-8,11-12,19H,9-10,13-15H2,(H,29,32)/t19-/m1/s1. The van der Waals surface area contributed by atoms with Crippen molar-refractivity contribution >= 4 is 29.1 Å². The van der Waals surface area contributed by atoms with E-state index in [1.165, 1.54) is 6.20 Å². The lowest BCUT2D eigenvalue weighted by atomic mass is 10.1. The molecule has 0 radical (unpaired) electrons. The summed E-state index contributed by atoms with van der Waals surface area (Å²) in [4.78, 5) is 33.3. The zero-order valence-electron chi connectivity index (χ0n) is 18.2. The zero-order valence-corrected chi connectivity index (χ0v) is 19.0. The minimum absolute atomic E-state index is 0.102. The SMILES string of the molecule is O=C1CN2CCN(C(=O)c3cccc(Cl)c3)C[C@@H]2COc2ccc(-c3cccnc3F)cc2N1. The highest BCUT2D eigenvalue weighted by molar-refractivity contribution is 6.30. The molecule has 2 aliphatic rings. The highest BCUT2D eigenvalue weighted by Crippen LogP contribution is 2.32. The number of fused-ring (bicyclic) bond motifs is 2. The predicted octanol–water partition coefficient (Wildman–Crippen LogP) is 3.70. The van der Waals surface area contributed by atoms with Crippen LogP contribution in [-0.2, 0) is 4.79 Å². The van der Waals surface area contributed by atoms with E-state index in [9.17, 15) is 14.0 Å². The molecule has 3 heterocycles. The van der Waals surface area contributed by atoms with Crippen molar-refractivity contribution in [2.45, 2.75) is 6.04 Å². The summed E-state index contributed by atoms with van der Waals surface area (Å²) in [6.07, 6.45) is 1.39. The largest absolute Gasteiger partial charge is 0.490 e. The van der Waals surface area contributed by atoms with Crippen LogP contribution in [0.5, 0.6) is 5.75 Å². The molecule has 0 unspecified atom stereocenters. The Bertz CT molecular complexity index is 1250. The number of ether oxygens (including phenoxy) is 1. The second kappa shape index (κ2) is 9.40. The van der Waals surface area contributed by atoms with Crippen LogP contribution >= 0.6 is 11.6 Å². The Balaban J connectivity index is 1.36. The highest BCUT2D eigenvalue weighted by Gasteiger charge is 2.33. The first-order valence-corrected chi connectivity index (χ1v) is 11.3. The predicted molar refractivity (Wildman–Crippen MR) is 126 cm³/mol. The van der Waals surface area contributed by atoms with Crippen molar-refractivity contribution in [2.75, 3.05) is 38.1 Å². The van der Waals surface area contributed by atoms with Crippen molar-refractivity contribution < 1.29 is 18.7 Å². The van der Waals surface area contributed by atoms with Crippen LogP contribution in [0.25, 0.3) is 11.1 Å². The topological polar surface area (TPSA) is 74.8 Å². The van der Waals surface area contributed by atoms with Crippen molar-refractivity contribution in [3.63, 3.8) is 0 Å². The molecular formula is C25H22ClFN4O3. The number of rotatable bonds is 2. The number of piperazine rings is 1. The zero-order chi connectivity index (χ0) is 23.7. The number of nitrogens with one attached hydrogen (secondary N) is 1. The van der Waals surface area contributed by atoms with Gasteiger partial charge in [0.1, 0.15) is 12.4 Å². The minimum atomic E-state index is -0.584. The average Bonchev–Trinajstić information content (AvgIpc) is 2.90. The summed E-state index contributed by atoms with van der Waals surface area (Å²) in [7, 11) is 0. The summed E-state index contributed by atoms with van der Waals surface area (Å²) in [5.74, 6) is -0.397. The Morgan fingerprint density at radius 3 is 2.85 bits per heavy atom. The molecular weight excluding hydrogens is 459 g/mol. The number of pyridine rings is 1. The molecule has 1 saturated heterocycles. The molecule has 9 heteroatoms. The molecule has 0 saturated carbocycles. The maximum atomic E-state index is 14.2. The number of amides is 2. The molecule has 1 fully saturated rings. The maximum Gasteiger partial charge on any atom is 0.254 e. The molecule has 7 nitrogen and oxygen atoms in total. The first kappa shape index (κ1) is 22.3. The van der Waals surface area contributed by atoms with Gasteiger partial charge in [-0.3, -0.25) is 14.5 Å². The molecule has 0 bridgehead atoms. The van der Waals surface area contributed by atoms with E-state index in [-0.39, 0.29) is 24.4 Å². The van der Waals surface area contributed by atoms with Crippen LogP contribution in [0.1, 0.15) is 10.4 Å². The monoisotopic (exact) mass is 480 g/mol. The molecule has 3 aromatic rings. The van der Waals surface area contributed by atoms with E-state index in [0.717, 1.165) is 0 Å². The quantitative estimate of drug-likeness (QED) is 0.566. The number of nitrogens with zero attached hydrogens (tertiary/aromatic N) is 3. The Morgan fingerprint density at radius 1 is 1.15 bits per heavy atom. The minimum Gasteiger partial charge on any atom is -0.490 e. The van der Waals surface area contributed by atoms with Crippen molar-refractivity contribution in [1.29, 1.82) is 0 Å². The van der Waals surface area contributed by atoms with E-state index in [2.05, 4.69) is 10.3 Å². The normalized spacial score (nSPS) is 18.5. The number of hydrogen-bond acceptors (Lipinski definition) is 5. The van der Waals surface area contributed by atoms with E-state index in [1.54, 1.807) is 59.5 Å². The number of benzene rings is 2. The van der Waals surface area contributed by atoms with Crippen LogP contribution in [0.15, 0.2) is 60.8 Å². The molecule has 2 amide bonds. The number of halogens is 2. The number of hydrogen-bond donors (Lipinski definition) is 1. The maximum absolute atomic E-state index is 14.2. The number of carbonyl (C=O) groups is 2. The van der Waals surface area contributed by atoms with Gasteiger partial charge in [-0.1, -0.05) is 23.7 Å². The van der Waals surface area contributed by atoms with Crippen LogP contribution < -0.4 is 10.1 Å². The van der Waals surface area contributed by atoms with Crippen LogP contribution in [0.3, 0.4) is 0 Å². The molecule has 0 spiro atoms. The molecule has 0 aliphatic carbocycles. The number of carbonyl (C=O) groups excluding carboxylic acids is 2. The van der Waals surface area contributed by atoms with Crippen LogP contribution in [-0.4, -0.2) is 65.4 Å². The third-order valence-electron chi connectivity index (χ3n) is 6.07. The van der Waals surface area contributed by atoms with Gasteiger partial charge in [-0.25, -0.2) is 4.98 Å². The van der Waals surface area contributed by atoms with Gasteiger partial charge in [0.05, 0.1) is 18.3 Å². The molecule has 2 aliphatic heterocycles. The van der Waals surface area contributed by atoms with Crippen LogP contribution in [0.4, 0.5) is 10.1 Å². The Labute approximate surface area is 201 Å². The molecule has 1 aromatic heterocycles. The third kappa shape index (κ3) is 4.60. The fourth-order valence-electron chi connectivity index (χ4n) is 4.33. The molecule has 5 rings (SSSR count). The van der Waals surface area contributed by atoms with Crippen LogP contribution in [0.2, 0.25) is 5.02 Å². The first-order chi connectivity index (χ1) is 16.5. The summed E-state index contributed by atoms with van der Waals surface area (Å²) >= 11 is 6.05. The molecule has 1 atom stereocenters. The average molecular weight is 481 g/mol. The molecule has 174 valence electrons. The van der Waals surface area contributed by atoms with Crippen molar-refractivity contribution in [3.05, 3.63) is 77.3 Å². The highest BCUT2D eigenvalue weighted by atomic mass is 35.5. The fourth-order valence-corrected chi connectivity index (χ4v) is 4.52. The van der Waals surface area contributed by atoms with E-state index in [1.807, 2.05) is 4.90 Å². The Hall–Kier alpha value is -3.49. The van der Waals surface area contributed by atoms with Gasteiger partial charge < -0.3 is 15.0 Å². The van der Waals surface area contributed by atoms with Gasteiger partial charge in [-0.15, -0.1) is 0 Å². The van der Waals surface area contributed by atoms with E-state index in [4.69, 9.17) is 16.3 Å². The lowest BCUT2D eigenvalue weighted by Crippen LogP contribution is -2.57. The van der Waals surface area contributed by atoms with Crippen LogP contribution in [0, 0.1) is 5.95 Å². The molecule has 34 heavy (non-hydrogen) atoms.